The van der Waals surface area contributed by atoms with Crippen LogP contribution in [0.5, 0.6) is 0 Å². The molecule has 1 N–H and O–H groups in total. The first-order chi connectivity index (χ1) is 9.47. The normalized spacial score (nSPS) is 10.3. The van der Waals surface area contributed by atoms with Crippen LogP contribution in [0, 0.1) is 10.1 Å². The second-order valence-corrected chi connectivity index (χ2v) is 6.21. The summed E-state index contributed by atoms with van der Waals surface area (Å²) in [5.74, 6) is 0. The lowest BCUT2D eigenvalue weighted by Crippen LogP contribution is -2.03. The second kappa shape index (κ2) is 6.56. The minimum absolute atomic E-state index is 0.0823. The fraction of sp³-hybridized carbons (Fsp3) is 0.0769. The lowest BCUT2D eigenvalue weighted by Gasteiger charge is -2.10. The Morgan fingerprint density at radius 1 is 1.20 bits per heavy atom. The van der Waals surface area contributed by atoms with Crippen molar-refractivity contribution in [3.05, 3.63) is 66.0 Å². The molecule has 0 aliphatic rings. The van der Waals surface area contributed by atoms with Crippen molar-refractivity contribution in [1.82, 2.24) is 0 Å². The second-order valence-electron chi connectivity index (χ2n) is 4.01. The maximum absolute atomic E-state index is 11.0. The van der Waals surface area contributed by atoms with Gasteiger partial charge in [-0.25, -0.2) is 0 Å². The number of nitro groups is 1. The van der Waals surface area contributed by atoms with E-state index in [0.717, 1.165) is 14.6 Å². The highest BCUT2D eigenvalue weighted by Gasteiger charge is 2.13. The molecule has 7 heteroatoms. The molecule has 0 aliphatic heterocycles. The Bertz CT molecular complexity index is 665. The Hall–Kier alpha value is -1.11. The highest BCUT2D eigenvalue weighted by Crippen LogP contribution is 2.28. The number of nitro benzene ring substituents is 1. The molecule has 20 heavy (non-hydrogen) atoms. The lowest BCUT2D eigenvalue weighted by molar-refractivity contribution is -0.385. The Morgan fingerprint density at radius 2 is 1.95 bits per heavy atom. The van der Waals surface area contributed by atoms with E-state index in [0.29, 0.717) is 17.1 Å². The van der Waals surface area contributed by atoms with Gasteiger partial charge in [0, 0.05) is 32.1 Å². The quantitative estimate of drug-likeness (QED) is 0.533. The average molecular weight is 420 g/mol. The van der Waals surface area contributed by atoms with Crippen LogP contribution in [0.1, 0.15) is 5.56 Å². The van der Waals surface area contributed by atoms with Crippen LogP contribution >= 0.6 is 43.5 Å². The molecule has 0 bridgehead atoms. The van der Waals surface area contributed by atoms with Gasteiger partial charge in [-0.2, -0.15) is 0 Å². The average Bonchev–Trinajstić information content (AvgIpc) is 2.39. The molecule has 0 spiro atoms. The minimum atomic E-state index is -0.392. The Labute approximate surface area is 137 Å². The summed E-state index contributed by atoms with van der Waals surface area (Å²) in [6.07, 6.45) is 0. The van der Waals surface area contributed by atoms with Crippen molar-refractivity contribution in [2.45, 2.75) is 6.54 Å². The Kier molecular flexibility index (Phi) is 5.01. The molecule has 2 aromatic carbocycles. The van der Waals surface area contributed by atoms with Crippen molar-refractivity contribution >= 4 is 54.8 Å². The summed E-state index contributed by atoms with van der Waals surface area (Å²) in [7, 11) is 0. The van der Waals surface area contributed by atoms with E-state index in [2.05, 4.69) is 37.2 Å². The van der Waals surface area contributed by atoms with E-state index in [1.165, 1.54) is 6.07 Å². The van der Waals surface area contributed by atoms with Gasteiger partial charge in [0.25, 0.3) is 5.69 Å². The van der Waals surface area contributed by atoms with Crippen LogP contribution in [-0.4, -0.2) is 4.92 Å². The van der Waals surface area contributed by atoms with E-state index in [-0.39, 0.29) is 5.69 Å². The molecule has 2 aromatic rings. The number of anilines is 1. The highest BCUT2D eigenvalue weighted by molar-refractivity contribution is 9.10. The van der Waals surface area contributed by atoms with Crippen LogP contribution in [0.2, 0.25) is 5.02 Å². The first kappa shape index (κ1) is 15.3. The molecular formula is C13H9Br2ClN2O2. The highest BCUT2D eigenvalue weighted by atomic mass is 79.9. The summed E-state index contributed by atoms with van der Waals surface area (Å²) in [6.45, 7) is 0.328. The number of hydrogen-bond acceptors (Lipinski definition) is 3. The van der Waals surface area contributed by atoms with E-state index in [1.807, 2.05) is 6.07 Å². The maximum Gasteiger partial charge on any atom is 0.274 e. The summed E-state index contributed by atoms with van der Waals surface area (Å²) in [5, 5.41) is 14.7. The molecule has 0 unspecified atom stereocenters. The van der Waals surface area contributed by atoms with Crippen molar-refractivity contribution < 1.29 is 4.92 Å². The van der Waals surface area contributed by atoms with Crippen LogP contribution in [0.3, 0.4) is 0 Å². The van der Waals surface area contributed by atoms with Crippen LogP contribution < -0.4 is 5.32 Å². The van der Waals surface area contributed by atoms with Crippen LogP contribution in [0.25, 0.3) is 0 Å². The van der Waals surface area contributed by atoms with Gasteiger partial charge in [-0.05, 0) is 46.3 Å². The minimum Gasteiger partial charge on any atom is -0.380 e. The third-order valence-corrected chi connectivity index (χ3v) is 4.06. The van der Waals surface area contributed by atoms with Crippen LogP contribution in [-0.2, 0) is 6.54 Å². The molecule has 0 aliphatic carbocycles. The van der Waals surface area contributed by atoms with Crippen LogP contribution in [0.4, 0.5) is 11.4 Å². The number of nitrogens with zero attached hydrogens (tertiary/aromatic N) is 1. The number of rotatable bonds is 4. The molecule has 2 rings (SSSR count). The van der Waals surface area contributed by atoms with Gasteiger partial charge in [0.15, 0.2) is 0 Å². The van der Waals surface area contributed by atoms with Gasteiger partial charge in [0.2, 0.25) is 0 Å². The number of halogens is 3. The summed E-state index contributed by atoms with van der Waals surface area (Å²) in [6, 6.07) is 10.2. The molecular weight excluding hydrogens is 411 g/mol. The first-order valence-electron chi connectivity index (χ1n) is 5.59. The number of hydrogen-bond donors (Lipinski definition) is 1. The van der Waals surface area contributed by atoms with Gasteiger partial charge in [-0.15, -0.1) is 0 Å². The molecule has 4 nitrogen and oxygen atoms in total. The smallest absolute Gasteiger partial charge is 0.274 e. The van der Waals surface area contributed by atoms with E-state index >= 15 is 0 Å². The molecule has 0 saturated heterocycles. The third kappa shape index (κ3) is 3.71. The lowest BCUT2D eigenvalue weighted by atomic mass is 10.2. The summed E-state index contributed by atoms with van der Waals surface area (Å²) >= 11 is 12.6. The number of nitrogens with one attached hydrogen (secondary N) is 1. The standard InChI is InChI=1S/C13H9Br2ClN2O2/c14-9-1-4-13(18(19)20)8(5-9)7-17-12-6-10(16)2-3-11(12)15/h1-6,17H,7H2. The van der Waals surface area contributed by atoms with Gasteiger partial charge in [-0.1, -0.05) is 27.5 Å². The predicted octanol–water partition coefficient (Wildman–Crippen LogP) is 5.39. The monoisotopic (exact) mass is 418 g/mol. The van der Waals surface area contributed by atoms with Crippen molar-refractivity contribution in [3.8, 4) is 0 Å². The molecule has 0 amide bonds. The zero-order valence-electron chi connectivity index (χ0n) is 10.1. The molecule has 0 saturated carbocycles. The van der Waals surface area contributed by atoms with Gasteiger partial charge >= 0.3 is 0 Å². The SMILES string of the molecule is O=[N+]([O-])c1ccc(Br)cc1CNc1cc(Cl)ccc1Br. The van der Waals surface area contributed by atoms with Gasteiger partial charge in [-0.3, -0.25) is 10.1 Å². The van der Waals surface area contributed by atoms with Crippen molar-refractivity contribution in [3.63, 3.8) is 0 Å². The maximum atomic E-state index is 11.0. The fourth-order valence-corrected chi connectivity index (χ4v) is 2.66. The van der Waals surface area contributed by atoms with E-state index in [9.17, 15) is 10.1 Å². The Morgan fingerprint density at radius 3 is 2.65 bits per heavy atom. The van der Waals surface area contributed by atoms with Crippen LogP contribution in [0.15, 0.2) is 45.3 Å². The Balaban J connectivity index is 2.24. The molecule has 0 atom stereocenters. The molecule has 0 heterocycles. The molecule has 0 radical (unpaired) electrons. The van der Waals surface area contributed by atoms with E-state index in [4.69, 9.17) is 11.6 Å². The third-order valence-electron chi connectivity index (χ3n) is 2.64. The zero-order valence-corrected chi connectivity index (χ0v) is 14.0. The number of benzene rings is 2. The first-order valence-corrected chi connectivity index (χ1v) is 7.55. The van der Waals surface area contributed by atoms with E-state index in [1.54, 1.807) is 24.3 Å². The van der Waals surface area contributed by atoms with Crippen molar-refractivity contribution in [2.24, 2.45) is 0 Å². The summed E-state index contributed by atoms with van der Waals surface area (Å²) < 4.78 is 1.64. The largest absolute Gasteiger partial charge is 0.380 e. The van der Waals surface area contributed by atoms with Crippen molar-refractivity contribution in [1.29, 1.82) is 0 Å². The molecule has 104 valence electrons. The zero-order chi connectivity index (χ0) is 14.7. The topological polar surface area (TPSA) is 55.2 Å². The van der Waals surface area contributed by atoms with E-state index < -0.39 is 4.92 Å². The van der Waals surface area contributed by atoms with Crippen molar-refractivity contribution in [2.75, 3.05) is 5.32 Å². The predicted molar refractivity (Wildman–Crippen MR) is 87.3 cm³/mol. The van der Waals surface area contributed by atoms with Gasteiger partial charge in [0.1, 0.15) is 0 Å². The summed E-state index contributed by atoms with van der Waals surface area (Å²) in [5.41, 5.74) is 1.46. The molecule has 0 aromatic heterocycles. The van der Waals surface area contributed by atoms with Gasteiger partial charge < -0.3 is 5.32 Å². The molecule has 0 fully saturated rings. The summed E-state index contributed by atoms with van der Waals surface area (Å²) in [4.78, 5) is 10.6. The van der Waals surface area contributed by atoms with Gasteiger partial charge in [0.05, 0.1) is 10.6 Å². The fourth-order valence-electron chi connectivity index (χ4n) is 1.70.